The van der Waals surface area contributed by atoms with Crippen molar-refractivity contribution in [3.05, 3.63) is 29.1 Å². The van der Waals surface area contributed by atoms with Gasteiger partial charge in [0.2, 0.25) is 0 Å². The summed E-state index contributed by atoms with van der Waals surface area (Å²) in [4.78, 5) is 4.00. The highest BCUT2D eigenvalue weighted by atomic mass is 19.4. The van der Waals surface area contributed by atoms with Crippen molar-refractivity contribution in [1.29, 1.82) is 0 Å². The topological polar surface area (TPSA) is 17.8 Å². The average Bonchev–Trinajstić information content (AvgIpc) is 2.63. The first kappa shape index (κ1) is 15.7. The number of fused-ring (bicyclic) bond motifs is 1. The molecular weight excluding hydrogens is 298 g/mol. The lowest BCUT2D eigenvalue weighted by Gasteiger charge is -2.15. The zero-order valence-corrected chi connectivity index (χ0v) is 11.4. The van der Waals surface area contributed by atoms with Crippen molar-refractivity contribution < 1.29 is 26.3 Å². The maximum Gasteiger partial charge on any atom is 0.417 e. The van der Waals surface area contributed by atoms with Crippen LogP contribution in [-0.2, 0) is 19.4 Å². The lowest BCUT2D eigenvalue weighted by molar-refractivity contribution is -0.161. The van der Waals surface area contributed by atoms with Crippen molar-refractivity contribution in [1.82, 2.24) is 9.55 Å². The molecule has 1 aromatic carbocycles. The molecule has 0 bridgehead atoms. The van der Waals surface area contributed by atoms with Crippen molar-refractivity contribution >= 4 is 11.0 Å². The fourth-order valence-corrected chi connectivity index (χ4v) is 2.24. The van der Waals surface area contributed by atoms with Crippen LogP contribution in [0.1, 0.15) is 36.7 Å². The van der Waals surface area contributed by atoms with Gasteiger partial charge in [-0.15, -0.1) is 0 Å². The summed E-state index contributed by atoms with van der Waals surface area (Å²) in [5.74, 6) is 0.309. The predicted molar refractivity (Wildman–Crippen MR) is 64.8 cm³/mol. The summed E-state index contributed by atoms with van der Waals surface area (Å²) < 4.78 is 78.5. The molecule has 0 N–H and O–H groups in total. The largest absolute Gasteiger partial charge is 0.417 e. The van der Waals surface area contributed by atoms with Gasteiger partial charge in [0, 0.05) is 13.0 Å². The molecule has 0 radical (unpaired) electrons. The van der Waals surface area contributed by atoms with E-state index >= 15 is 0 Å². The van der Waals surface area contributed by atoms with Crippen molar-refractivity contribution in [3.8, 4) is 0 Å². The Labute approximate surface area is 116 Å². The number of aryl methyl sites for hydroxylation is 1. The molecule has 0 amide bonds. The predicted octanol–water partition coefficient (Wildman–Crippen LogP) is 4.73. The number of hydrogen-bond acceptors (Lipinski definition) is 1. The van der Waals surface area contributed by atoms with Gasteiger partial charge in [-0.25, -0.2) is 4.98 Å². The summed E-state index contributed by atoms with van der Waals surface area (Å²) in [6.07, 6.45) is -10.2. The molecule has 8 heteroatoms. The molecule has 0 aliphatic carbocycles. The molecule has 2 rings (SSSR count). The summed E-state index contributed by atoms with van der Waals surface area (Å²) in [6.45, 7) is 3.52. The molecule has 0 saturated carbocycles. The van der Waals surface area contributed by atoms with Gasteiger partial charge in [-0.2, -0.15) is 26.3 Å². The molecule has 2 aromatic rings. The van der Waals surface area contributed by atoms with Gasteiger partial charge in [-0.1, -0.05) is 13.8 Å². The van der Waals surface area contributed by atoms with Crippen LogP contribution in [-0.4, -0.2) is 9.55 Å². The maximum atomic E-state index is 12.9. The molecule has 0 spiro atoms. The Morgan fingerprint density at radius 3 is 1.86 bits per heavy atom. The molecule has 0 aliphatic rings. The first-order valence-corrected chi connectivity index (χ1v) is 6.07. The summed E-state index contributed by atoms with van der Waals surface area (Å²) in [5, 5.41) is 0. The van der Waals surface area contributed by atoms with E-state index in [9.17, 15) is 26.3 Å². The summed E-state index contributed by atoms with van der Waals surface area (Å²) in [5.41, 5.74) is -3.47. The smallest absolute Gasteiger partial charge is 0.331 e. The SMILES string of the molecule is CC(C)c1nc2cc(C(F)(F)F)c(C(F)(F)F)cc2n1C. The molecule has 0 saturated heterocycles. The van der Waals surface area contributed by atoms with Crippen LogP contribution in [0.4, 0.5) is 26.3 Å². The zero-order valence-electron chi connectivity index (χ0n) is 11.4. The standard InChI is InChI=1S/C13H12F6N2/c1-6(2)11-20-9-4-7(12(14,15)16)8(13(17,18)19)5-10(9)21(11)3/h4-6H,1-3H3. The first-order chi connectivity index (χ1) is 9.43. The molecule has 0 fully saturated rings. The van der Waals surface area contributed by atoms with Crippen molar-refractivity contribution in [2.75, 3.05) is 0 Å². The molecular formula is C13H12F6N2. The van der Waals surface area contributed by atoms with E-state index in [1.165, 1.54) is 11.6 Å². The van der Waals surface area contributed by atoms with Gasteiger partial charge >= 0.3 is 12.4 Å². The molecule has 1 heterocycles. The number of aromatic nitrogens is 2. The Bertz CT molecular complexity index is 678. The van der Waals surface area contributed by atoms with Crippen LogP contribution in [0, 0.1) is 0 Å². The normalized spacial score (nSPS) is 13.4. The second-order valence-corrected chi connectivity index (χ2v) is 5.07. The minimum atomic E-state index is -5.09. The quantitative estimate of drug-likeness (QED) is 0.696. The highest BCUT2D eigenvalue weighted by Crippen LogP contribution is 2.42. The van der Waals surface area contributed by atoms with Crippen molar-refractivity contribution in [2.45, 2.75) is 32.1 Å². The highest BCUT2D eigenvalue weighted by molar-refractivity contribution is 5.78. The molecule has 116 valence electrons. The third kappa shape index (κ3) is 2.71. The molecule has 0 aliphatic heterocycles. The molecule has 2 nitrogen and oxygen atoms in total. The number of alkyl halides is 6. The van der Waals surface area contributed by atoms with Crippen molar-refractivity contribution in [3.63, 3.8) is 0 Å². The number of imidazole rings is 1. The number of nitrogens with zero attached hydrogens (tertiary/aromatic N) is 2. The Morgan fingerprint density at radius 2 is 1.43 bits per heavy atom. The molecule has 0 unspecified atom stereocenters. The van der Waals surface area contributed by atoms with Crippen molar-refractivity contribution in [2.24, 2.45) is 7.05 Å². The van der Waals surface area contributed by atoms with Gasteiger partial charge < -0.3 is 4.57 Å². The minimum Gasteiger partial charge on any atom is -0.331 e. The lowest BCUT2D eigenvalue weighted by Crippen LogP contribution is -2.16. The Morgan fingerprint density at radius 1 is 0.952 bits per heavy atom. The molecule has 21 heavy (non-hydrogen) atoms. The van der Waals surface area contributed by atoms with E-state index < -0.39 is 23.5 Å². The molecule has 1 aromatic heterocycles. The van der Waals surface area contributed by atoms with Gasteiger partial charge in [-0.3, -0.25) is 0 Å². The number of rotatable bonds is 1. The van der Waals surface area contributed by atoms with Crippen LogP contribution in [0.25, 0.3) is 11.0 Å². The van der Waals surface area contributed by atoms with Gasteiger partial charge in [0.25, 0.3) is 0 Å². The first-order valence-electron chi connectivity index (χ1n) is 6.07. The van der Waals surface area contributed by atoms with Crippen LogP contribution in [0.15, 0.2) is 12.1 Å². The van der Waals surface area contributed by atoms with Crippen LogP contribution in [0.2, 0.25) is 0 Å². The fraction of sp³-hybridized carbons (Fsp3) is 0.462. The Balaban J connectivity index is 2.84. The number of benzene rings is 1. The van der Waals surface area contributed by atoms with E-state index in [0.29, 0.717) is 18.0 Å². The zero-order chi connectivity index (χ0) is 16.2. The van der Waals surface area contributed by atoms with E-state index in [1.54, 1.807) is 13.8 Å². The minimum absolute atomic E-state index is 0.0269. The van der Waals surface area contributed by atoms with E-state index in [0.717, 1.165) is 0 Å². The fourth-order valence-electron chi connectivity index (χ4n) is 2.24. The Hall–Kier alpha value is -1.73. The number of hydrogen-bond donors (Lipinski definition) is 0. The summed E-state index contributed by atoms with van der Waals surface area (Å²) >= 11 is 0. The third-order valence-corrected chi connectivity index (χ3v) is 3.18. The van der Waals surface area contributed by atoms with Crippen LogP contribution < -0.4 is 0 Å². The second-order valence-electron chi connectivity index (χ2n) is 5.07. The van der Waals surface area contributed by atoms with Crippen LogP contribution in [0.5, 0.6) is 0 Å². The van der Waals surface area contributed by atoms with Crippen LogP contribution in [0.3, 0.4) is 0 Å². The Kier molecular flexibility index (Phi) is 3.46. The summed E-state index contributed by atoms with van der Waals surface area (Å²) in [7, 11) is 1.48. The van der Waals surface area contributed by atoms with Crippen LogP contribution >= 0.6 is 0 Å². The van der Waals surface area contributed by atoms with E-state index in [-0.39, 0.29) is 17.0 Å². The maximum absolute atomic E-state index is 12.9. The van der Waals surface area contributed by atoms with Gasteiger partial charge in [-0.05, 0) is 12.1 Å². The van der Waals surface area contributed by atoms with E-state index in [1.807, 2.05) is 0 Å². The third-order valence-electron chi connectivity index (χ3n) is 3.18. The average molecular weight is 310 g/mol. The summed E-state index contributed by atoms with van der Waals surface area (Å²) in [6, 6.07) is 0.973. The second kappa shape index (κ2) is 4.64. The van der Waals surface area contributed by atoms with Gasteiger partial charge in [0.15, 0.2) is 0 Å². The molecule has 0 atom stereocenters. The van der Waals surface area contributed by atoms with Gasteiger partial charge in [0.1, 0.15) is 5.82 Å². The highest BCUT2D eigenvalue weighted by Gasteiger charge is 2.43. The van der Waals surface area contributed by atoms with E-state index in [2.05, 4.69) is 4.98 Å². The monoisotopic (exact) mass is 310 g/mol. The lowest BCUT2D eigenvalue weighted by atomic mass is 10.1. The number of halogens is 6. The van der Waals surface area contributed by atoms with E-state index in [4.69, 9.17) is 0 Å². The van der Waals surface area contributed by atoms with Gasteiger partial charge in [0.05, 0.1) is 22.2 Å².